The van der Waals surface area contributed by atoms with E-state index in [1.807, 2.05) is 50.2 Å². The van der Waals surface area contributed by atoms with E-state index < -0.39 is 0 Å². The van der Waals surface area contributed by atoms with Crippen molar-refractivity contribution in [3.05, 3.63) is 59.6 Å². The maximum Gasteiger partial charge on any atom is 0.246 e. The van der Waals surface area contributed by atoms with Gasteiger partial charge in [-0.3, -0.25) is 9.48 Å². The highest BCUT2D eigenvalue weighted by molar-refractivity contribution is 5.91. The molecule has 0 aromatic carbocycles. The van der Waals surface area contributed by atoms with E-state index in [2.05, 4.69) is 30.4 Å². The van der Waals surface area contributed by atoms with Crippen molar-refractivity contribution in [3.63, 3.8) is 0 Å². The molecular formula is C23H28N8O. The third-order valence-electron chi connectivity index (χ3n) is 5.42. The lowest BCUT2D eigenvalue weighted by Gasteiger charge is -2.32. The van der Waals surface area contributed by atoms with Crippen LogP contribution < -0.4 is 5.32 Å². The Morgan fingerprint density at radius 1 is 1.22 bits per heavy atom. The third-order valence-corrected chi connectivity index (χ3v) is 5.42. The summed E-state index contributed by atoms with van der Waals surface area (Å²) in [7, 11) is 1.86. The van der Waals surface area contributed by atoms with Crippen molar-refractivity contribution < 1.29 is 4.79 Å². The van der Waals surface area contributed by atoms with E-state index in [1.54, 1.807) is 23.3 Å². The summed E-state index contributed by atoms with van der Waals surface area (Å²) < 4.78 is 1.72. The number of carbonyl (C=O) groups is 1. The highest BCUT2D eigenvalue weighted by atomic mass is 16.2. The highest BCUT2D eigenvalue weighted by Gasteiger charge is 2.23. The van der Waals surface area contributed by atoms with Gasteiger partial charge < -0.3 is 10.2 Å². The average Bonchev–Trinajstić information content (AvgIpc) is 3.17. The van der Waals surface area contributed by atoms with Gasteiger partial charge in [-0.15, -0.1) is 0 Å². The lowest BCUT2D eigenvalue weighted by molar-refractivity contribution is -0.127. The van der Waals surface area contributed by atoms with Crippen LogP contribution in [0.4, 0.5) is 11.8 Å². The molecule has 166 valence electrons. The van der Waals surface area contributed by atoms with Gasteiger partial charge in [0.15, 0.2) is 0 Å². The van der Waals surface area contributed by atoms with Gasteiger partial charge >= 0.3 is 0 Å². The molecule has 0 radical (unpaired) electrons. The Morgan fingerprint density at radius 2 is 2.03 bits per heavy atom. The van der Waals surface area contributed by atoms with Crippen molar-refractivity contribution in [1.82, 2.24) is 34.6 Å². The molecular weight excluding hydrogens is 404 g/mol. The van der Waals surface area contributed by atoms with E-state index in [-0.39, 0.29) is 5.91 Å². The molecule has 1 saturated heterocycles. The van der Waals surface area contributed by atoms with Gasteiger partial charge in [0.1, 0.15) is 12.1 Å². The van der Waals surface area contributed by atoms with E-state index in [0.29, 0.717) is 17.7 Å². The number of hydrogen-bond acceptors (Lipinski definition) is 7. The molecule has 4 rings (SSSR count). The summed E-state index contributed by atoms with van der Waals surface area (Å²) in [6.07, 6.45) is 11.5. The Labute approximate surface area is 187 Å². The maximum absolute atomic E-state index is 12.7. The zero-order valence-electron chi connectivity index (χ0n) is 18.7. The molecule has 1 aliphatic rings. The lowest BCUT2D eigenvalue weighted by Crippen LogP contribution is -2.39. The molecule has 0 saturated carbocycles. The minimum atomic E-state index is 0.0376. The van der Waals surface area contributed by atoms with Gasteiger partial charge in [0.2, 0.25) is 11.9 Å². The normalized spacial score (nSPS) is 16.5. The monoisotopic (exact) mass is 432 g/mol. The number of likely N-dealkylation sites (tertiary alicyclic amines) is 1. The number of nitrogens with one attached hydrogen (secondary N) is 1. The van der Waals surface area contributed by atoms with Crippen LogP contribution >= 0.6 is 0 Å². The number of hydrogen-bond donors (Lipinski definition) is 1. The number of aryl methyl sites for hydroxylation is 3. The topological polar surface area (TPSA) is 102 Å². The average molecular weight is 433 g/mol. The van der Waals surface area contributed by atoms with Crippen LogP contribution in [0.2, 0.25) is 0 Å². The van der Waals surface area contributed by atoms with Gasteiger partial charge in [0.25, 0.3) is 0 Å². The molecule has 1 amide bonds. The predicted octanol–water partition coefficient (Wildman–Crippen LogP) is 2.86. The number of piperidine rings is 1. The summed E-state index contributed by atoms with van der Waals surface area (Å²) in [6.45, 7) is 5.39. The van der Waals surface area contributed by atoms with Crippen molar-refractivity contribution in [2.45, 2.75) is 33.1 Å². The molecule has 9 heteroatoms. The molecule has 3 aromatic rings. The molecule has 32 heavy (non-hydrogen) atoms. The molecule has 1 aliphatic heterocycles. The summed E-state index contributed by atoms with van der Waals surface area (Å²) >= 11 is 0. The van der Waals surface area contributed by atoms with Crippen molar-refractivity contribution in [1.29, 1.82) is 0 Å². The lowest BCUT2D eigenvalue weighted by atomic mass is 9.93. The van der Waals surface area contributed by atoms with E-state index in [0.717, 1.165) is 55.0 Å². The zero-order valence-corrected chi connectivity index (χ0v) is 18.7. The van der Waals surface area contributed by atoms with Gasteiger partial charge in [0.05, 0.1) is 6.20 Å². The fraction of sp³-hybridized carbons (Fsp3) is 0.391. The van der Waals surface area contributed by atoms with Gasteiger partial charge in [-0.25, -0.2) is 19.9 Å². The summed E-state index contributed by atoms with van der Waals surface area (Å²) in [6, 6.07) is 3.86. The SMILES string of the molecule is Cc1cc(C)nc(Nc2cc(C[C@H]3CCCN(C(=O)/C=C/c4cnn(C)c4)C3)ncn2)n1. The maximum atomic E-state index is 12.7. The number of nitrogens with zero attached hydrogens (tertiary/aromatic N) is 7. The zero-order chi connectivity index (χ0) is 22.5. The Bertz CT molecular complexity index is 1100. The van der Waals surface area contributed by atoms with Crippen LogP contribution in [0.1, 0.15) is 35.5 Å². The largest absolute Gasteiger partial charge is 0.339 e. The number of amides is 1. The Morgan fingerprint density at radius 3 is 2.78 bits per heavy atom. The summed E-state index contributed by atoms with van der Waals surface area (Å²) in [4.78, 5) is 32.1. The molecule has 9 nitrogen and oxygen atoms in total. The predicted molar refractivity (Wildman–Crippen MR) is 122 cm³/mol. The van der Waals surface area contributed by atoms with Gasteiger partial charge in [-0.2, -0.15) is 5.10 Å². The second-order valence-electron chi connectivity index (χ2n) is 8.27. The third kappa shape index (κ3) is 5.75. The highest BCUT2D eigenvalue weighted by Crippen LogP contribution is 2.22. The van der Waals surface area contributed by atoms with Crippen LogP contribution in [0.25, 0.3) is 6.08 Å². The smallest absolute Gasteiger partial charge is 0.246 e. The summed E-state index contributed by atoms with van der Waals surface area (Å²) in [5, 5.41) is 7.29. The van der Waals surface area contributed by atoms with Crippen LogP contribution in [-0.2, 0) is 18.3 Å². The Hall–Kier alpha value is -3.62. The van der Waals surface area contributed by atoms with Crippen LogP contribution in [0.5, 0.6) is 0 Å². The van der Waals surface area contributed by atoms with Crippen molar-refractivity contribution >= 4 is 23.7 Å². The standard InChI is InChI=1S/C23H28N8O/c1-16-9-17(2)28-23(27-16)29-21-11-20(24-15-25-21)10-18-5-4-8-31(14-18)22(32)7-6-19-12-26-30(3)13-19/h6-7,9,11-13,15,18H,4-5,8,10,14H2,1-3H3,(H,24,25,27,28,29)/b7-6+/t18-/m1/s1. The van der Waals surface area contributed by atoms with Crippen LogP contribution in [0, 0.1) is 19.8 Å². The first-order valence-corrected chi connectivity index (χ1v) is 10.8. The number of anilines is 2. The fourth-order valence-corrected chi connectivity index (χ4v) is 4.00. The van der Waals surface area contributed by atoms with Gasteiger partial charge in [0, 0.05) is 61.1 Å². The quantitative estimate of drug-likeness (QED) is 0.598. The summed E-state index contributed by atoms with van der Waals surface area (Å²) in [5.41, 5.74) is 3.66. The number of aromatic nitrogens is 6. The first-order valence-electron chi connectivity index (χ1n) is 10.8. The molecule has 0 unspecified atom stereocenters. The minimum absolute atomic E-state index is 0.0376. The molecule has 1 N–H and O–H groups in total. The second-order valence-corrected chi connectivity index (χ2v) is 8.27. The van der Waals surface area contributed by atoms with Crippen molar-refractivity contribution in [3.8, 4) is 0 Å². The molecule has 0 spiro atoms. The fourth-order valence-electron chi connectivity index (χ4n) is 4.00. The van der Waals surface area contributed by atoms with Gasteiger partial charge in [-0.05, 0) is 51.2 Å². The Kier molecular flexibility index (Phi) is 6.53. The van der Waals surface area contributed by atoms with E-state index in [4.69, 9.17) is 0 Å². The van der Waals surface area contributed by atoms with E-state index >= 15 is 0 Å². The Balaban J connectivity index is 1.37. The molecule has 1 fully saturated rings. The first kappa shape index (κ1) is 21.6. The van der Waals surface area contributed by atoms with E-state index in [9.17, 15) is 4.79 Å². The molecule has 4 heterocycles. The van der Waals surface area contributed by atoms with Crippen LogP contribution in [-0.4, -0.2) is 53.6 Å². The number of carbonyl (C=O) groups excluding carboxylic acids is 1. The molecule has 0 aliphatic carbocycles. The first-order chi connectivity index (χ1) is 15.4. The number of rotatable bonds is 6. The van der Waals surface area contributed by atoms with Crippen molar-refractivity contribution in [2.75, 3.05) is 18.4 Å². The van der Waals surface area contributed by atoms with Crippen molar-refractivity contribution in [2.24, 2.45) is 13.0 Å². The molecule has 3 aromatic heterocycles. The van der Waals surface area contributed by atoms with Gasteiger partial charge in [-0.1, -0.05) is 0 Å². The molecule has 1 atom stereocenters. The van der Waals surface area contributed by atoms with Crippen LogP contribution in [0.15, 0.2) is 36.9 Å². The molecule has 0 bridgehead atoms. The minimum Gasteiger partial charge on any atom is -0.339 e. The van der Waals surface area contributed by atoms with Crippen LogP contribution in [0.3, 0.4) is 0 Å². The van der Waals surface area contributed by atoms with E-state index in [1.165, 1.54) is 0 Å². The second kappa shape index (κ2) is 9.67. The summed E-state index contributed by atoms with van der Waals surface area (Å²) in [5.74, 6) is 1.60.